The number of benzene rings is 2. The van der Waals surface area contributed by atoms with E-state index in [0.29, 0.717) is 29.9 Å². The first-order chi connectivity index (χ1) is 14.8. The summed E-state index contributed by atoms with van der Waals surface area (Å²) in [7, 11) is 2.04. The quantitative estimate of drug-likeness (QED) is 0.598. The predicted molar refractivity (Wildman–Crippen MR) is 124 cm³/mol. The van der Waals surface area contributed by atoms with Gasteiger partial charge < -0.3 is 19.5 Å². The Morgan fingerprint density at radius 3 is 2.32 bits per heavy atom. The van der Waals surface area contributed by atoms with Crippen molar-refractivity contribution in [2.75, 3.05) is 38.5 Å². The highest BCUT2D eigenvalue weighted by Crippen LogP contribution is 2.34. The molecule has 0 saturated carbocycles. The van der Waals surface area contributed by atoms with Gasteiger partial charge in [0.2, 0.25) is 0 Å². The lowest BCUT2D eigenvalue weighted by Gasteiger charge is -2.32. The minimum absolute atomic E-state index is 0.0699. The van der Waals surface area contributed by atoms with Crippen molar-refractivity contribution in [1.29, 1.82) is 0 Å². The Labute approximate surface area is 190 Å². The first-order valence-corrected chi connectivity index (χ1v) is 10.8. The minimum atomic E-state index is -0.465. The van der Waals surface area contributed by atoms with Gasteiger partial charge in [-0.05, 0) is 50.7 Å². The third kappa shape index (κ3) is 4.15. The van der Waals surface area contributed by atoms with Crippen molar-refractivity contribution in [3.63, 3.8) is 0 Å². The summed E-state index contributed by atoms with van der Waals surface area (Å²) in [6.45, 7) is 6.76. The number of fused-ring (bicyclic) bond motifs is 1. The van der Waals surface area contributed by atoms with Gasteiger partial charge >= 0.3 is 0 Å². The van der Waals surface area contributed by atoms with Crippen molar-refractivity contribution >= 4 is 51.7 Å². The van der Waals surface area contributed by atoms with Crippen LogP contribution in [0.15, 0.2) is 34.7 Å². The van der Waals surface area contributed by atoms with Crippen LogP contribution in [0, 0.1) is 13.8 Å². The van der Waals surface area contributed by atoms with Crippen LogP contribution >= 0.6 is 23.2 Å². The van der Waals surface area contributed by atoms with Crippen molar-refractivity contribution < 1.29 is 14.0 Å². The standard InChI is InChI=1S/C23H23Cl2N3O3/c1-13-14(2)31-21-16(13)11-15(23(30)28-9-7-27(3)8-10-28)12-19(21)26-22(29)20-17(24)5-4-6-18(20)25/h4-6,11-12H,7-10H2,1-3H3,(H,26,29). The smallest absolute Gasteiger partial charge is 0.258 e. The van der Waals surface area contributed by atoms with E-state index in [1.165, 1.54) is 0 Å². The predicted octanol–water partition coefficient (Wildman–Crippen LogP) is 5.00. The molecule has 0 unspecified atom stereocenters. The maximum Gasteiger partial charge on any atom is 0.258 e. The lowest BCUT2D eigenvalue weighted by atomic mass is 10.1. The maximum absolute atomic E-state index is 13.2. The molecule has 6 nitrogen and oxygen atoms in total. The van der Waals surface area contributed by atoms with Gasteiger partial charge in [-0.2, -0.15) is 0 Å². The maximum atomic E-state index is 13.2. The van der Waals surface area contributed by atoms with E-state index in [4.69, 9.17) is 27.6 Å². The molecule has 1 aliphatic heterocycles. The van der Waals surface area contributed by atoms with Crippen LogP contribution in [-0.4, -0.2) is 54.8 Å². The summed E-state index contributed by atoms with van der Waals surface area (Å²) < 4.78 is 5.91. The Bertz CT molecular complexity index is 1160. The zero-order valence-corrected chi connectivity index (χ0v) is 19.1. The number of likely N-dealkylation sites (N-methyl/N-ethyl adjacent to an activating group) is 1. The number of rotatable bonds is 3. The summed E-state index contributed by atoms with van der Waals surface area (Å²) in [5, 5.41) is 4.13. The number of halogens is 2. The minimum Gasteiger partial charge on any atom is -0.459 e. The molecule has 0 spiro atoms. The van der Waals surface area contributed by atoms with E-state index in [1.54, 1.807) is 24.3 Å². The van der Waals surface area contributed by atoms with E-state index in [-0.39, 0.29) is 21.5 Å². The zero-order chi connectivity index (χ0) is 22.3. The van der Waals surface area contributed by atoms with Gasteiger partial charge in [0.1, 0.15) is 5.76 Å². The molecule has 1 saturated heterocycles. The number of piperazine rings is 1. The van der Waals surface area contributed by atoms with E-state index in [9.17, 15) is 9.59 Å². The number of hydrogen-bond donors (Lipinski definition) is 1. The van der Waals surface area contributed by atoms with Gasteiger partial charge in [0.25, 0.3) is 11.8 Å². The van der Waals surface area contributed by atoms with Crippen LogP contribution in [0.3, 0.4) is 0 Å². The molecule has 0 atom stereocenters. The number of anilines is 1. The van der Waals surface area contributed by atoms with Crippen LogP contribution in [0.4, 0.5) is 5.69 Å². The molecule has 2 amide bonds. The molecule has 2 aromatic carbocycles. The van der Waals surface area contributed by atoms with Gasteiger partial charge in [0.15, 0.2) is 5.58 Å². The molecule has 162 valence electrons. The highest BCUT2D eigenvalue weighted by molar-refractivity contribution is 6.40. The summed E-state index contributed by atoms with van der Waals surface area (Å²) in [6, 6.07) is 8.38. The Morgan fingerprint density at radius 2 is 1.68 bits per heavy atom. The lowest BCUT2D eigenvalue weighted by Crippen LogP contribution is -2.47. The lowest BCUT2D eigenvalue weighted by molar-refractivity contribution is 0.0664. The second-order valence-electron chi connectivity index (χ2n) is 7.83. The molecular weight excluding hydrogens is 437 g/mol. The number of hydrogen-bond acceptors (Lipinski definition) is 4. The second kappa shape index (κ2) is 8.54. The van der Waals surface area contributed by atoms with Crippen LogP contribution in [0.1, 0.15) is 32.0 Å². The van der Waals surface area contributed by atoms with Gasteiger partial charge in [0.05, 0.1) is 21.3 Å². The largest absolute Gasteiger partial charge is 0.459 e. The number of aryl methyl sites for hydroxylation is 2. The number of carbonyl (C=O) groups excluding carboxylic acids is 2. The third-order valence-corrected chi connectivity index (χ3v) is 6.38. The first-order valence-electron chi connectivity index (χ1n) is 10.0. The Balaban J connectivity index is 1.74. The number of amides is 2. The van der Waals surface area contributed by atoms with Crippen molar-refractivity contribution in [3.8, 4) is 0 Å². The molecule has 1 aromatic heterocycles. The van der Waals surface area contributed by atoms with Crippen LogP contribution in [0.2, 0.25) is 10.0 Å². The van der Waals surface area contributed by atoms with E-state index in [1.807, 2.05) is 31.9 Å². The van der Waals surface area contributed by atoms with E-state index in [2.05, 4.69) is 10.2 Å². The SMILES string of the molecule is Cc1oc2c(NC(=O)c3c(Cl)cccc3Cl)cc(C(=O)N3CCN(C)CC3)cc2c1C. The molecule has 2 heterocycles. The molecular formula is C23H23Cl2N3O3. The zero-order valence-electron chi connectivity index (χ0n) is 17.6. The number of nitrogens with one attached hydrogen (secondary N) is 1. The van der Waals surface area contributed by atoms with Gasteiger partial charge in [0, 0.05) is 37.1 Å². The highest BCUT2D eigenvalue weighted by atomic mass is 35.5. The molecule has 1 fully saturated rings. The molecule has 0 radical (unpaired) electrons. The van der Waals surface area contributed by atoms with Gasteiger partial charge in [-0.3, -0.25) is 9.59 Å². The Hall–Kier alpha value is -2.54. The van der Waals surface area contributed by atoms with E-state index < -0.39 is 5.91 Å². The second-order valence-corrected chi connectivity index (χ2v) is 8.64. The van der Waals surface area contributed by atoms with Crippen LogP contribution in [0.25, 0.3) is 11.0 Å². The normalized spacial score (nSPS) is 14.8. The van der Waals surface area contributed by atoms with E-state index >= 15 is 0 Å². The molecule has 1 N–H and O–H groups in total. The monoisotopic (exact) mass is 459 g/mol. The molecule has 3 aromatic rings. The number of nitrogens with zero attached hydrogens (tertiary/aromatic N) is 2. The molecule has 0 aliphatic carbocycles. The van der Waals surface area contributed by atoms with Crippen molar-refractivity contribution in [3.05, 3.63) is 62.8 Å². The van der Waals surface area contributed by atoms with Crippen LogP contribution < -0.4 is 5.32 Å². The molecule has 4 rings (SSSR count). The van der Waals surface area contributed by atoms with Gasteiger partial charge in [-0.15, -0.1) is 0 Å². The highest BCUT2D eigenvalue weighted by Gasteiger charge is 2.24. The average molecular weight is 460 g/mol. The average Bonchev–Trinajstić information content (AvgIpc) is 3.02. The van der Waals surface area contributed by atoms with Crippen molar-refractivity contribution in [1.82, 2.24) is 9.80 Å². The fourth-order valence-corrected chi connectivity index (χ4v) is 4.31. The molecule has 1 aliphatic rings. The summed E-state index contributed by atoms with van der Waals surface area (Å²) in [4.78, 5) is 30.2. The molecule has 31 heavy (non-hydrogen) atoms. The first kappa shape index (κ1) is 21.7. The van der Waals surface area contributed by atoms with Gasteiger partial charge in [-0.1, -0.05) is 29.3 Å². The van der Waals surface area contributed by atoms with Crippen LogP contribution in [-0.2, 0) is 0 Å². The summed E-state index contributed by atoms with van der Waals surface area (Å²) in [5.74, 6) is 0.192. The van der Waals surface area contributed by atoms with Crippen LogP contribution in [0.5, 0.6) is 0 Å². The number of carbonyl (C=O) groups is 2. The summed E-state index contributed by atoms with van der Waals surface area (Å²) in [5.41, 5.74) is 2.53. The van der Waals surface area contributed by atoms with E-state index in [0.717, 1.165) is 29.8 Å². The third-order valence-electron chi connectivity index (χ3n) is 5.75. The fourth-order valence-electron chi connectivity index (χ4n) is 3.74. The molecule has 0 bridgehead atoms. The Morgan fingerprint density at radius 1 is 1.03 bits per heavy atom. The topological polar surface area (TPSA) is 65.8 Å². The fraction of sp³-hybridized carbons (Fsp3) is 0.304. The molecule has 8 heteroatoms. The van der Waals surface area contributed by atoms with Crippen molar-refractivity contribution in [2.45, 2.75) is 13.8 Å². The summed E-state index contributed by atoms with van der Waals surface area (Å²) >= 11 is 12.4. The Kier molecular flexibility index (Phi) is 5.97. The summed E-state index contributed by atoms with van der Waals surface area (Å²) in [6.07, 6.45) is 0. The number of furan rings is 1. The van der Waals surface area contributed by atoms with Gasteiger partial charge in [-0.25, -0.2) is 0 Å². The van der Waals surface area contributed by atoms with Crippen molar-refractivity contribution in [2.24, 2.45) is 0 Å².